The molecule has 0 bridgehead atoms. The van der Waals surface area contributed by atoms with Crippen LogP contribution in [0, 0.1) is 0 Å². The van der Waals surface area contributed by atoms with E-state index in [4.69, 9.17) is 0 Å². The Hall–Kier alpha value is -2.41. The lowest BCUT2D eigenvalue weighted by atomic mass is 10.1. The zero-order chi connectivity index (χ0) is 13.0. The fourth-order valence-electron chi connectivity index (χ4n) is 1.53. The first-order chi connectivity index (χ1) is 8.70. The number of anilines is 1. The van der Waals surface area contributed by atoms with Gasteiger partial charge >= 0.3 is 5.69 Å². The summed E-state index contributed by atoms with van der Waals surface area (Å²) in [5.74, 6) is -0.0440. The number of nitrogens with one attached hydrogen (secondary N) is 3. The lowest BCUT2D eigenvalue weighted by Gasteiger charge is -2.16. The number of H-pyrrole nitrogens is 2. The number of aromatic amines is 2. The summed E-state index contributed by atoms with van der Waals surface area (Å²) in [5, 5.41) is 17.8. The Labute approximate surface area is 102 Å². The maximum absolute atomic E-state index is 11.4. The van der Waals surface area contributed by atoms with Gasteiger partial charge in [0, 0.05) is 0 Å². The Balaban J connectivity index is 2.26. The van der Waals surface area contributed by atoms with E-state index in [0.29, 0.717) is 0 Å². The van der Waals surface area contributed by atoms with Crippen molar-refractivity contribution in [2.24, 2.45) is 0 Å². The van der Waals surface area contributed by atoms with Crippen LogP contribution in [0.4, 0.5) is 5.82 Å². The van der Waals surface area contributed by atoms with Gasteiger partial charge in [0.15, 0.2) is 0 Å². The standard InChI is InChI=1S/C11H12N4O3/c16-6-8(7-4-2-1-3-5-7)12-9-10(17)13-11(18)15-14-9/h1-5,8,16H,6H2,(H,12,14)(H2,13,15,17,18). The highest BCUT2D eigenvalue weighted by atomic mass is 16.3. The Morgan fingerprint density at radius 1 is 1.28 bits per heavy atom. The van der Waals surface area contributed by atoms with Crippen LogP contribution in [0.15, 0.2) is 39.9 Å². The third-order valence-electron chi connectivity index (χ3n) is 2.41. The fourth-order valence-corrected chi connectivity index (χ4v) is 1.53. The van der Waals surface area contributed by atoms with Crippen molar-refractivity contribution in [2.75, 3.05) is 11.9 Å². The molecule has 2 rings (SSSR count). The number of nitrogens with zero attached hydrogens (tertiary/aromatic N) is 1. The van der Waals surface area contributed by atoms with Gasteiger partial charge in [0.25, 0.3) is 5.56 Å². The van der Waals surface area contributed by atoms with E-state index >= 15 is 0 Å². The van der Waals surface area contributed by atoms with E-state index in [0.717, 1.165) is 5.56 Å². The molecular formula is C11H12N4O3. The van der Waals surface area contributed by atoms with Crippen molar-refractivity contribution < 1.29 is 5.11 Å². The molecule has 0 saturated carbocycles. The van der Waals surface area contributed by atoms with Gasteiger partial charge in [0.05, 0.1) is 12.6 Å². The molecule has 1 heterocycles. The second-order valence-electron chi connectivity index (χ2n) is 3.65. The molecule has 1 aromatic carbocycles. The van der Waals surface area contributed by atoms with Gasteiger partial charge in [-0.1, -0.05) is 30.3 Å². The van der Waals surface area contributed by atoms with Gasteiger partial charge in [-0.2, -0.15) is 0 Å². The van der Waals surface area contributed by atoms with Crippen LogP contribution in [0.3, 0.4) is 0 Å². The monoisotopic (exact) mass is 248 g/mol. The number of benzene rings is 1. The molecule has 7 heteroatoms. The average molecular weight is 248 g/mol. The van der Waals surface area contributed by atoms with Crippen molar-refractivity contribution in [1.29, 1.82) is 0 Å². The number of rotatable bonds is 4. The summed E-state index contributed by atoms with van der Waals surface area (Å²) in [4.78, 5) is 24.3. The van der Waals surface area contributed by atoms with E-state index < -0.39 is 17.3 Å². The molecule has 94 valence electrons. The summed E-state index contributed by atoms with van der Waals surface area (Å²) in [6, 6.07) is 8.66. The van der Waals surface area contributed by atoms with E-state index in [1.54, 1.807) is 0 Å². The quantitative estimate of drug-likeness (QED) is 0.588. The molecule has 1 unspecified atom stereocenters. The number of aliphatic hydroxyl groups excluding tert-OH is 1. The molecule has 0 spiro atoms. The highest BCUT2D eigenvalue weighted by Crippen LogP contribution is 2.14. The van der Waals surface area contributed by atoms with E-state index in [1.807, 2.05) is 35.3 Å². The molecule has 18 heavy (non-hydrogen) atoms. The Kier molecular flexibility index (Phi) is 3.54. The number of hydrogen-bond acceptors (Lipinski definition) is 5. The Morgan fingerprint density at radius 2 is 2.00 bits per heavy atom. The van der Waals surface area contributed by atoms with Gasteiger partial charge in [0.2, 0.25) is 5.82 Å². The van der Waals surface area contributed by atoms with Crippen molar-refractivity contribution >= 4 is 5.82 Å². The van der Waals surface area contributed by atoms with Crippen LogP contribution in [-0.2, 0) is 0 Å². The largest absolute Gasteiger partial charge is 0.394 e. The van der Waals surface area contributed by atoms with Gasteiger partial charge in [-0.25, -0.2) is 9.89 Å². The van der Waals surface area contributed by atoms with Crippen molar-refractivity contribution in [3.05, 3.63) is 56.7 Å². The van der Waals surface area contributed by atoms with Gasteiger partial charge < -0.3 is 10.4 Å². The molecule has 0 aliphatic heterocycles. The van der Waals surface area contributed by atoms with Crippen LogP contribution in [-0.4, -0.2) is 26.9 Å². The molecule has 2 aromatic rings. The zero-order valence-corrected chi connectivity index (χ0v) is 9.38. The normalized spacial score (nSPS) is 12.1. The van der Waals surface area contributed by atoms with Crippen molar-refractivity contribution in [1.82, 2.24) is 15.2 Å². The van der Waals surface area contributed by atoms with E-state index in [1.165, 1.54) is 0 Å². The molecule has 0 aliphatic rings. The summed E-state index contributed by atoms with van der Waals surface area (Å²) >= 11 is 0. The van der Waals surface area contributed by atoms with E-state index in [9.17, 15) is 14.7 Å². The lowest BCUT2D eigenvalue weighted by Crippen LogP contribution is -2.29. The van der Waals surface area contributed by atoms with Gasteiger partial charge in [-0.05, 0) is 5.56 Å². The molecule has 0 fully saturated rings. The van der Waals surface area contributed by atoms with Gasteiger partial charge in [-0.15, -0.1) is 5.10 Å². The van der Waals surface area contributed by atoms with Crippen LogP contribution in [0.1, 0.15) is 11.6 Å². The first-order valence-corrected chi connectivity index (χ1v) is 5.32. The number of hydrogen-bond donors (Lipinski definition) is 4. The zero-order valence-electron chi connectivity index (χ0n) is 9.38. The van der Waals surface area contributed by atoms with Crippen LogP contribution in [0.25, 0.3) is 0 Å². The number of aromatic nitrogens is 3. The van der Waals surface area contributed by atoms with Gasteiger partial charge in [-0.3, -0.25) is 9.78 Å². The molecule has 1 aromatic heterocycles. The Morgan fingerprint density at radius 3 is 2.61 bits per heavy atom. The van der Waals surface area contributed by atoms with Crippen LogP contribution in [0.5, 0.6) is 0 Å². The van der Waals surface area contributed by atoms with E-state index in [-0.39, 0.29) is 12.4 Å². The third kappa shape index (κ3) is 2.64. The first-order valence-electron chi connectivity index (χ1n) is 5.32. The topological polar surface area (TPSA) is 111 Å². The minimum Gasteiger partial charge on any atom is -0.394 e. The average Bonchev–Trinajstić information content (AvgIpc) is 2.39. The summed E-state index contributed by atoms with van der Waals surface area (Å²) < 4.78 is 0. The summed E-state index contributed by atoms with van der Waals surface area (Å²) in [5.41, 5.74) is -0.494. The Bertz CT molecular complexity index is 620. The highest BCUT2D eigenvalue weighted by molar-refractivity contribution is 5.35. The maximum Gasteiger partial charge on any atom is 0.342 e. The summed E-state index contributed by atoms with van der Waals surface area (Å²) in [6.07, 6.45) is 0. The predicted octanol–water partition coefficient (Wildman–Crippen LogP) is -0.396. The minimum atomic E-state index is -0.675. The molecule has 1 atom stereocenters. The highest BCUT2D eigenvalue weighted by Gasteiger charge is 2.12. The van der Waals surface area contributed by atoms with Crippen molar-refractivity contribution in [3.8, 4) is 0 Å². The second-order valence-corrected chi connectivity index (χ2v) is 3.65. The summed E-state index contributed by atoms with van der Waals surface area (Å²) in [6.45, 7) is -0.204. The molecule has 4 N–H and O–H groups in total. The van der Waals surface area contributed by atoms with Crippen molar-refractivity contribution in [3.63, 3.8) is 0 Å². The van der Waals surface area contributed by atoms with Crippen LogP contribution >= 0.6 is 0 Å². The predicted molar refractivity (Wildman–Crippen MR) is 65.4 cm³/mol. The molecule has 0 radical (unpaired) electrons. The third-order valence-corrected chi connectivity index (χ3v) is 2.41. The molecule has 0 aliphatic carbocycles. The SMILES string of the molecule is O=c1[nH]nc(NC(CO)c2ccccc2)c(=O)[nH]1. The smallest absolute Gasteiger partial charge is 0.342 e. The molecule has 0 amide bonds. The van der Waals surface area contributed by atoms with Crippen LogP contribution < -0.4 is 16.6 Å². The lowest BCUT2D eigenvalue weighted by molar-refractivity contribution is 0.276. The molecular weight excluding hydrogens is 236 g/mol. The minimum absolute atomic E-state index is 0.0440. The van der Waals surface area contributed by atoms with Gasteiger partial charge in [0.1, 0.15) is 0 Å². The second kappa shape index (κ2) is 5.28. The number of aliphatic hydroxyl groups is 1. The molecule has 0 saturated heterocycles. The van der Waals surface area contributed by atoms with Crippen LogP contribution in [0.2, 0.25) is 0 Å². The van der Waals surface area contributed by atoms with E-state index in [2.05, 4.69) is 15.5 Å². The fraction of sp³-hybridized carbons (Fsp3) is 0.182. The summed E-state index contributed by atoms with van der Waals surface area (Å²) in [7, 11) is 0. The first kappa shape index (κ1) is 12.1. The van der Waals surface area contributed by atoms with Crippen molar-refractivity contribution in [2.45, 2.75) is 6.04 Å². The molecule has 7 nitrogen and oxygen atoms in total. The maximum atomic E-state index is 11.4.